The predicted molar refractivity (Wildman–Crippen MR) is 169 cm³/mol. The number of aryl methyl sites for hydroxylation is 1. The Morgan fingerprint density at radius 1 is 0.857 bits per heavy atom. The second-order valence-electron chi connectivity index (χ2n) is 12.4. The van der Waals surface area contributed by atoms with Gasteiger partial charge in [-0.2, -0.15) is 5.26 Å². The minimum atomic E-state index is 0.290. The van der Waals surface area contributed by atoms with Gasteiger partial charge in [-0.05, 0) is 105 Å². The van der Waals surface area contributed by atoms with Gasteiger partial charge in [-0.3, -0.25) is 14.6 Å². The Morgan fingerprint density at radius 2 is 1.55 bits per heavy atom. The fourth-order valence-electron chi connectivity index (χ4n) is 7.03. The standard InChI is InChI=1S/C37H42N4O/c1-39-26-34(35-23-30(24-38)7-13-36(35)39)27-41-21-17-32(18-22-41)31-9-11-33(12-10-31)37(42)14-8-28-15-19-40(20-16-28)25-29-5-3-2-4-6-29/h2-7,9-13,23,26,28,32H,8,14-22,25,27H2,1H3. The van der Waals surface area contributed by atoms with Crippen LogP contribution in [0, 0.1) is 17.2 Å². The van der Waals surface area contributed by atoms with Crippen LogP contribution in [-0.4, -0.2) is 46.3 Å². The molecule has 2 saturated heterocycles. The van der Waals surface area contributed by atoms with Gasteiger partial charge in [0.1, 0.15) is 0 Å². The average Bonchev–Trinajstić information content (AvgIpc) is 3.35. The van der Waals surface area contributed by atoms with E-state index in [0.717, 1.165) is 69.7 Å². The zero-order valence-corrected chi connectivity index (χ0v) is 24.8. The van der Waals surface area contributed by atoms with E-state index >= 15 is 0 Å². The summed E-state index contributed by atoms with van der Waals surface area (Å²) in [6.45, 7) is 6.33. The van der Waals surface area contributed by atoms with Crippen LogP contribution in [0.1, 0.15) is 77.1 Å². The maximum Gasteiger partial charge on any atom is 0.162 e. The van der Waals surface area contributed by atoms with Crippen molar-refractivity contribution in [2.75, 3.05) is 26.2 Å². The van der Waals surface area contributed by atoms with Crippen LogP contribution >= 0.6 is 0 Å². The summed E-state index contributed by atoms with van der Waals surface area (Å²) < 4.78 is 2.16. The number of carbonyl (C=O) groups is 1. The monoisotopic (exact) mass is 558 g/mol. The molecule has 0 saturated carbocycles. The Hall–Kier alpha value is -3.72. The molecule has 0 spiro atoms. The Kier molecular flexibility index (Phi) is 8.84. The van der Waals surface area contributed by atoms with Crippen molar-refractivity contribution >= 4 is 16.7 Å². The fourth-order valence-corrected chi connectivity index (χ4v) is 7.03. The number of nitriles is 1. The van der Waals surface area contributed by atoms with Crippen molar-refractivity contribution < 1.29 is 4.79 Å². The van der Waals surface area contributed by atoms with Gasteiger partial charge in [0, 0.05) is 49.2 Å². The van der Waals surface area contributed by atoms with E-state index in [1.54, 1.807) is 0 Å². The highest BCUT2D eigenvalue weighted by atomic mass is 16.1. The molecule has 5 heteroatoms. The van der Waals surface area contributed by atoms with Crippen molar-refractivity contribution in [2.24, 2.45) is 13.0 Å². The number of fused-ring (bicyclic) bond motifs is 1. The summed E-state index contributed by atoms with van der Waals surface area (Å²) in [6, 6.07) is 27.5. The molecular formula is C37H42N4O. The molecule has 1 aromatic heterocycles. The number of likely N-dealkylation sites (tertiary alicyclic amines) is 2. The van der Waals surface area contributed by atoms with E-state index < -0.39 is 0 Å². The molecule has 0 unspecified atom stereocenters. The second-order valence-corrected chi connectivity index (χ2v) is 12.4. The van der Waals surface area contributed by atoms with Gasteiger partial charge < -0.3 is 4.57 Å². The van der Waals surface area contributed by atoms with E-state index in [2.05, 4.69) is 94.3 Å². The van der Waals surface area contributed by atoms with E-state index in [1.807, 2.05) is 12.1 Å². The third kappa shape index (κ3) is 6.67. The molecule has 0 atom stereocenters. The summed E-state index contributed by atoms with van der Waals surface area (Å²) in [4.78, 5) is 18.1. The van der Waals surface area contributed by atoms with Crippen LogP contribution in [0.2, 0.25) is 0 Å². The number of Topliss-reactive ketones (excluding diaryl/α,β-unsaturated/α-hetero) is 1. The van der Waals surface area contributed by atoms with E-state index in [0.29, 0.717) is 18.3 Å². The van der Waals surface area contributed by atoms with E-state index in [9.17, 15) is 10.1 Å². The summed E-state index contributed by atoms with van der Waals surface area (Å²) in [5.41, 5.74) is 6.81. The van der Waals surface area contributed by atoms with Crippen LogP contribution < -0.4 is 0 Å². The number of piperidine rings is 2. The van der Waals surface area contributed by atoms with E-state index in [1.165, 1.54) is 40.4 Å². The highest BCUT2D eigenvalue weighted by Gasteiger charge is 2.23. The Bertz CT molecular complexity index is 1530. The molecule has 216 valence electrons. The van der Waals surface area contributed by atoms with Crippen LogP contribution in [0.3, 0.4) is 0 Å². The lowest BCUT2D eigenvalue weighted by Crippen LogP contribution is -2.33. The largest absolute Gasteiger partial charge is 0.350 e. The first-order chi connectivity index (χ1) is 20.6. The van der Waals surface area contributed by atoms with E-state index in [-0.39, 0.29) is 5.78 Å². The van der Waals surface area contributed by atoms with Crippen molar-refractivity contribution in [1.82, 2.24) is 14.4 Å². The molecule has 2 aliphatic heterocycles. The maximum atomic E-state index is 13.0. The molecule has 0 amide bonds. The minimum Gasteiger partial charge on any atom is -0.350 e. The van der Waals surface area contributed by atoms with Crippen LogP contribution in [0.25, 0.3) is 10.9 Å². The van der Waals surface area contributed by atoms with Gasteiger partial charge in [-0.15, -0.1) is 0 Å². The Labute approximate surface area is 250 Å². The van der Waals surface area contributed by atoms with Crippen molar-refractivity contribution in [3.63, 3.8) is 0 Å². The number of aromatic nitrogens is 1. The molecule has 6 rings (SSSR count). The van der Waals surface area contributed by atoms with Gasteiger partial charge in [-0.25, -0.2) is 0 Å². The molecule has 0 radical (unpaired) electrons. The molecule has 3 heterocycles. The number of hydrogen-bond acceptors (Lipinski definition) is 4. The Morgan fingerprint density at radius 3 is 2.26 bits per heavy atom. The highest BCUT2D eigenvalue weighted by Crippen LogP contribution is 2.31. The summed E-state index contributed by atoms with van der Waals surface area (Å²) in [7, 11) is 2.08. The van der Waals surface area contributed by atoms with Gasteiger partial charge in [0.15, 0.2) is 5.78 Å². The molecule has 0 N–H and O–H groups in total. The number of ketones is 1. The second kappa shape index (κ2) is 13.1. The normalized spacial score (nSPS) is 17.4. The number of rotatable bonds is 9. The van der Waals surface area contributed by atoms with Crippen molar-refractivity contribution in [3.8, 4) is 6.07 Å². The number of carbonyl (C=O) groups excluding carboxylic acids is 1. The summed E-state index contributed by atoms with van der Waals surface area (Å²) in [5, 5.41) is 10.5. The summed E-state index contributed by atoms with van der Waals surface area (Å²) in [6.07, 6.45) is 8.52. The van der Waals surface area contributed by atoms with Crippen molar-refractivity contribution in [1.29, 1.82) is 5.26 Å². The first-order valence-corrected chi connectivity index (χ1v) is 15.7. The molecule has 5 nitrogen and oxygen atoms in total. The molecule has 0 aliphatic carbocycles. The molecule has 4 aromatic rings. The third-order valence-corrected chi connectivity index (χ3v) is 9.62. The van der Waals surface area contributed by atoms with Crippen LogP contribution in [0.5, 0.6) is 0 Å². The van der Waals surface area contributed by atoms with Crippen molar-refractivity contribution in [2.45, 2.75) is 57.5 Å². The highest BCUT2D eigenvalue weighted by molar-refractivity contribution is 5.96. The lowest BCUT2D eigenvalue weighted by Gasteiger charge is -2.32. The van der Waals surface area contributed by atoms with Gasteiger partial charge in [-0.1, -0.05) is 54.6 Å². The average molecular weight is 559 g/mol. The SMILES string of the molecule is Cn1cc(CN2CCC(c3ccc(C(=O)CCC4CCN(Cc5ccccc5)CC4)cc3)CC2)c2cc(C#N)ccc21. The third-order valence-electron chi connectivity index (χ3n) is 9.62. The molecule has 42 heavy (non-hydrogen) atoms. The number of hydrogen-bond donors (Lipinski definition) is 0. The van der Waals surface area contributed by atoms with Crippen LogP contribution in [0.4, 0.5) is 0 Å². The van der Waals surface area contributed by atoms with Gasteiger partial charge in [0.2, 0.25) is 0 Å². The van der Waals surface area contributed by atoms with Crippen molar-refractivity contribution in [3.05, 3.63) is 107 Å². The zero-order valence-electron chi connectivity index (χ0n) is 24.8. The first kappa shape index (κ1) is 28.4. The molecule has 3 aromatic carbocycles. The topological polar surface area (TPSA) is 52.3 Å². The Balaban J connectivity index is 0.950. The minimum absolute atomic E-state index is 0.290. The summed E-state index contributed by atoms with van der Waals surface area (Å²) in [5.74, 6) is 1.50. The zero-order chi connectivity index (χ0) is 28.9. The maximum absolute atomic E-state index is 13.0. The smallest absolute Gasteiger partial charge is 0.162 e. The van der Waals surface area contributed by atoms with Crippen LogP contribution in [0.15, 0.2) is 79.0 Å². The molecule has 2 fully saturated rings. The lowest BCUT2D eigenvalue weighted by molar-refractivity contribution is 0.0961. The fraction of sp³-hybridized carbons (Fsp3) is 0.405. The van der Waals surface area contributed by atoms with Gasteiger partial charge in [0.25, 0.3) is 0 Å². The summed E-state index contributed by atoms with van der Waals surface area (Å²) >= 11 is 0. The van der Waals surface area contributed by atoms with Gasteiger partial charge in [0.05, 0.1) is 11.6 Å². The molecular weight excluding hydrogens is 516 g/mol. The number of benzene rings is 3. The van der Waals surface area contributed by atoms with Gasteiger partial charge >= 0.3 is 0 Å². The van der Waals surface area contributed by atoms with E-state index in [4.69, 9.17) is 0 Å². The lowest BCUT2D eigenvalue weighted by atomic mass is 9.87. The number of nitrogens with zero attached hydrogens (tertiary/aromatic N) is 4. The van der Waals surface area contributed by atoms with Crippen LogP contribution in [-0.2, 0) is 20.1 Å². The molecule has 0 bridgehead atoms. The molecule has 2 aliphatic rings. The first-order valence-electron chi connectivity index (χ1n) is 15.7. The quantitative estimate of drug-likeness (QED) is 0.202. The predicted octanol–water partition coefficient (Wildman–Crippen LogP) is 7.30.